The minimum Gasteiger partial charge on any atom is -0.387 e. The maximum absolute atomic E-state index is 11.8. The number of aliphatic hydroxyl groups is 1. The Morgan fingerprint density at radius 2 is 2.24 bits per heavy atom. The maximum Gasteiger partial charge on any atom is 0.348 e. The highest BCUT2D eigenvalue weighted by Crippen LogP contribution is 2.39. The van der Waals surface area contributed by atoms with E-state index in [1.807, 2.05) is 0 Å². The minimum absolute atomic E-state index is 0.0244. The molecule has 0 aliphatic carbocycles. The van der Waals surface area contributed by atoms with Crippen LogP contribution in [-0.4, -0.2) is 59.8 Å². The highest BCUT2D eigenvalue weighted by molar-refractivity contribution is 7.55. The van der Waals surface area contributed by atoms with Crippen LogP contribution in [-0.2, 0) is 14.0 Å². The highest BCUT2D eigenvalue weighted by Gasteiger charge is 2.44. The molecular weight excluding hydrogens is 357 g/mol. The van der Waals surface area contributed by atoms with Gasteiger partial charge in [0.25, 0.3) is 5.56 Å². The summed E-state index contributed by atoms with van der Waals surface area (Å²) < 4.78 is 23.2. The number of fused-ring (bicyclic) bond motifs is 1. The summed E-state index contributed by atoms with van der Waals surface area (Å²) in [6.45, 7) is 0. The molecular formula is C12H16N5O7P. The summed E-state index contributed by atoms with van der Waals surface area (Å²) in [4.78, 5) is 40.0. The first kappa shape index (κ1) is 17.7. The van der Waals surface area contributed by atoms with Crippen molar-refractivity contribution in [3.8, 4) is 0 Å². The molecule has 12 nitrogen and oxygen atoms in total. The third-order valence-corrected chi connectivity index (χ3v) is 4.28. The summed E-state index contributed by atoms with van der Waals surface area (Å²) in [6, 6.07) is 0. The van der Waals surface area contributed by atoms with Crippen molar-refractivity contribution in [3.63, 3.8) is 0 Å². The van der Waals surface area contributed by atoms with E-state index in [0.29, 0.717) is 5.82 Å². The number of nitrogens with one attached hydrogen (secondary N) is 1. The number of H-pyrrole nitrogens is 1. The molecule has 1 fully saturated rings. The minimum atomic E-state index is -4.41. The van der Waals surface area contributed by atoms with Gasteiger partial charge in [-0.25, -0.2) is 4.98 Å². The van der Waals surface area contributed by atoms with Crippen LogP contribution in [0.25, 0.3) is 11.2 Å². The maximum atomic E-state index is 11.8. The number of hydrogen-bond donors (Lipinski definition) is 5. The van der Waals surface area contributed by atoms with E-state index in [4.69, 9.17) is 25.0 Å². The predicted molar refractivity (Wildman–Crippen MR) is 84.5 cm³/mol. The molecule has 25 heavy (non-hydrogen) atoms. The van der Waals surface area contributed by atoms with Crippen LogP contribution < -0.4 is 11.3 Å². The van der Waals surface area contributed by atoms with Crippen molar-refractivity contribution in [2.24, 2.45) is 0 Å². The third-order valence-electron chi connectivity index (χ3n) is 3.72. The number of anilines is 1. The molecule has 1 aliphatic heterocycles. The fraction of sp³-hybridized carbons (Fsp3) is 0.417. The van der Waals surface area contributed by atoms with Crippen LogP contribution in [0.5, 0.6) is 0 Å². The number of aromatic nitrogens is 4. The number of aliphatic hydroxyl groups excluding tert-OH is 1. The molecule has 136 valence electrons. The van der Waals surface area contributed by atoms with Gasteiger partial charge in [0, 0.05) is 12.9 Å². The molecule has 3 heterocycles. The quantitative estimate of drug-likeness (QED) is 0.402. The largest absolute Gasteiger partial charge is 0.387 e. The summed E-state index contributed by atoms with van der Waals surface area (Å²) in [6.07, 6.45) is -1.75. The van der Waals surface area contributed by atoms with E-state index < -0.39 is 37.7 Å². The Morgan fingerprint density at radius 1 is 1.52 bits per heavy atom. The van der Waals surface area contributed by atoms with Crippen molar-refractivity contribution < 1.29 is 28.9 Å². The second-order valence-corrected chi connectivity index (χ2v) is 6.86. The number of rotatable bonds is 4. The van der Waals surface area contributed by atoms with Crippen molar-refractivity contribution in [2.45, 2.75) is 24.5 Å². The second kappa shape index (κ2) is 6.33. The van der Waals surface area contributed by atoms with Crippen molar-refractivity contribution in [2.75, 3.05) is 12.8 Å². The summed E-state index contributed by atoms with van der Waals surface area (Å²) in [7, 11) is -3.07. The van der Waals surface area contributed by atoms with Crippen LogP contribution in [0.3, 0.4) is 0 Å². The Labute approximate surface area is 140 Å². The lowest BCUT2D eigenvalue weighted by Crippen LogP contribution is -2.32. The molecule has 0 amide bonds. The molecule has 0 bridgehead atoms. The van der Waals surface area contributed by atoms with Crippen LogP contribution in [0.15, 0.2) is 23.0 Å². The monoisotopic (exact) mass is 373 g/mol. The van der Waals surface area contributed by atoms with Crippen LogP contribution in [0.2, 0.25) is 0 Å². The molecule has 4 unspecified atom stereocenters. The Morgan fingerprint density at radius 3 is 2.88 bits per heavy atom. The highest BCUT2D eigenvalue weighted by atomic mass is 31.2. The van der Waals surface area contributed by atoms with Gasteiger partial charge in [0.2, 0.25) is 5.95 Å². The van der Waals surface area contributed by atoms with E-state index in [0.717, 1.165) is 6.08 Å². The molecule has 0 aromatic carbocycles. The number of nitrogens with two attached hydrogens (primary N) is 1. The van der Waals surface area contributed by atoms with E-state index in [-0.39, 0.29) is 17.1 Å². The lowest BCUT2D eigenvalue weighted by atomic mass is 10.1. The van der Waals surface area contributed by atoms with Crippen LogP contribution in [0, 0.1) is 0 Å². The van der Waals surface area contributed by atoms with Crippen LogP contribution in [0.4, 0.5) is 5.95 Å². The molecule has 6 N–H and O–H groups in total. The topological polar surface area (TPSA) is 186 Å². The molecule has 2 aromatic rings. The van der Waals surface area contributed by atoms with Crippen molar-refractivity contribution in [1.29, 1.82) is 0 Å². The first-order chi connectivity index (χ1) is 11.7. The van der Waals surface area contributed by atoms with E-state index in [9.17, 15) is 14.5 Å². The lowest BCUT2D eigenvalue weighted by molar-refractivity contribution is -0.0449. The fourth-order valence-corrected chi connectivity index (χ4v) is 3.03. The number of aromatic amines is 1. The smallest absolute Gasteiger partial charge is 0.348 e. The Kier molecular flexibility index (Phi) is 4.49. The standard InChI is InChI=1S/C12H16N5O7P/c1-23-8-7(18)5(2-3-25(20,21)22)24-11(8)17-4-14-6-9(17)15-12(13)16-10(6)19/h2-5,7-8,11,18H,1H3,(H2,20,21,22)(H3,13,15,16,19)/b3-2+. The first-order valence-corrected chi connectivity index (χ1v) is 8.72. The van der Waals surface area contributed by atoms with Gasteiger partial charge in [-0.3, -0.25) is 18.9 Å². The molecule has 4 atom stereocenters. The summed E-state index contributed by atoms with van der Waals surface area (Å²) in [5.74, 6) is 0.521. The number of nitrogens with zero attached hydrogens (tertiary/aromatic N) is 3. The zero-order chi connectivity index (χ0) is 18.4. The van der Waals surface area contributed by atoms with Crippen LogP contribution in [0.1, 0.15) is 6.23 Å². The van der Waals surface area contributed by atoms with Gasteiger partial charge in [0.15, 0.2) is 17.4 Å². The molecule has 2 aromatic heterocycles. The summed E-state index contributed by atoms with van der Waals surface area (Å²) >= 11 is 0. The number of nitrogen functional groups attached to an aromatic ring is 1. The molecule has 0 radical (unpaired) electrons. The van der Waals surface area contributed by atoms with Crippen LogP contribution >= 0.6 is 7.60 Å². The molecule has 1 saturated heterocycles. The van der Waals surface area contributed by atoms with Gasteiger partial charge in [-0.2, -0.15) is 4.98 Å². The molecule has 0 saturated carbocycles. The number of methoxy groups -OCH3 is 1. The zero-order valence-corrected chi connectivity index (χ0v) is 13.8. The van der Waals surface area contributed by atoms with Gasteiger partial charge < -0.3 is 30.1 Å². The van der Waals surface area contributed by atoms with Gasteiger partial charge in [0.1, 0.15) is 18.3 Å². The van der Waals surface area contributed by atoms with Gasteiger partial charge in [-0.05, 0) is 6.08 Å². The molecule has 13 heteroatoms. The number of hydrogen-bond acceptors (Lipinski definition) is 8. The third kappa shape index (κ3) is 3.35. The van der Waals surface area contributed by atoms with Gasteiger partial charge in [0.05, 0.1) is 6.33 Å². The van der Waals surface area contributed by atoms with Crippen molar-refractivity contribution in [1.82, 2.24) is 19.5 Å². The van der Waals surface area contributed by atoms with E-state index >= 15 is 0 Å². The molecule has 0 spiro atoms. The zero-order valence-electron chi connectivity index (χ0n) is 12.9. The predicted octanol–water partition coefficient (Wildman–Crippen LogP) is -1.33. The Bertz CT molecular complexity index is 918. The Hall–Kier alpha value is -2.08. The summed E-state index contributed by atoms with van der Waals surface area (Å²) in [5.41, 5.74) is 5.16. The molecule has 3 rings (SSSR count). The average Bonchev–Trinajstić information content (AvgIpc) is 3.05. The number of imidazole rings is 1. The van der Waals surface area contributed by atoms with Crippen molar-refractivity contribution >= 4 is 24.7 Å². The van der Waals surface area contributed by atoms with Crippen molar-refractivity contribution in [3.05, 3.63) is 28.6 Å². The lowest BCUT2D eigenvalue weighted by Gasteiger charge is -2.19. The van der Waals surface area contributed by atoms with Gasteiger partial charge in [-0.1, -0.05) is 0 Å². The first-order valence-electron chi connectivity index (χ1n) is 7.04. The normalized spacial score (nSPS) is 27.5. The number of ether oxygens (including phenoxy) is 2. The Balaban J connectivity index is 2.01. The van der Waals surface area contributed by atoms with E-state index in [2.05, 4.69) is 15.0 Å². The van der Waals surface area contributed by atoms with E-state index in [1.54, 1.807) is 0 Å². The SMILES string of the molecule is COC1C(O)C(/C=C/P(=O)(O)O)OC1n1cnc2c(=O)[nH]c(N)nc21. The average molecular weight is 373 g/mol. The fourth-order valence-electron chi connectivity index (χ4n) is 2.64. The summed E-state index contributed by atoms with van der Waals surface area (Å²) in [5, 5.41) is 10.3. The second-order valence-electron chi connectivity index (χ2n) is 5.39. The van der Waals surface area contributed by atoms with Gasteiger partial charge in [-0.15, -0.1) is 0 Å². The van der Waals surface area contributed by atoms with E-state index in [1.165, 1.54) is 18.0 Å². The molecule has 1 aliphatic rings. The van der Waals surface area contributed by atoms with Gasteiger partial charge >= 0.3 is 7.60 Å².